The van der Waals surface area contributed by atoms with E-state index in [1.807, 2.05) is 6.07 Å². The molecule has 1 atom stereocenters. The van der Waals surface area contributed by atoms with Crippen molar-refractivity contribution in [2.75, 3.05) is 0 Å². The molecule has 0 saturated heterocycles. The standard InChI is InChI=1S/C8H10N2OS/c1-8(2,4-9)7(11)6-3-12-5-10-6/h3,5,7,11H,1-2H3. The number of rotatable bonds is 2. The number of hydrogen-bond acceptors (Lipinski definition) is 4. The average Bonchev–Trinajstić information content (AvgIpc) is 2.55. The van der Waals surface area contributed by atoms with Gasteiger partial charge in [0.1, 0.15) is 6.10 Å². The Balaban J connectivity index is 2.87. The molecule has 0 bridgehead atoms. The molecule has 1 N–H and O–H groups in total. The van der Waals surface area contributed by atoms with E-state index in [4.69, 9.17) is 5.26 Å². The Bertz CT molecular complexity index is 287. The van der Waals surface area contributed by atoms with Crippen molar-refractivity contribution in [1.82, 2.24) is 4.98 Å². The SMILES string of the molecule is CC(C)(C#N)C(O)c1cscn1. The van der Waals surface area contributed by atoms with E-state index in [1.54, 1.807) is 24.7 Å². The van der Waals surface area contributed by atoms with Crippen molar-refractivity contribution in [3.8, 4) is 6.07 Å². The second kappa shape index (κ2) is 3.21. The van der Waals surface area contributed by atoms with Gasteiger partial charge in [-0.1, -0.05) is 0 Å². The van der Waals surface area contributed by atoms with Crippen molar-refractivity contribution in [2.45, 2.75) is 20.0 Å². The van der Waals surface area contributed by atoms with Gasteiger partial charge in [-0.3, -0.25) is 0 Å². The minimum absolute atomic E-state index is 0.576. The molecule has 1 unspecified atom stereocenters. The summed E-state index contributed by atoms with van der Waals surface area (Å²) in [6, 6.07) is 2.04. The third-order valence-corrected chi connectivity index (χ3v) is 2.31. The lowest BCUT2D eigenvalue weighted by atomic mass is 9.87. The van der Waals surface area contributed by atoms with Crippen LogP contribution in [0.1, 0.15) is 25.6 Å². The van der Waals surface area contributed by atoms with Gasteiger partial charge in [0.15, 0.2) is 0 Å². The van der Waals surface area contributed by atoms with Crippen LogP contribution in [0.5, 0.6) is 0 Å². The van der Waals surface area contributed by atoms with Crippen LogP contribution in [0.4, 0.5) is 0 Å². The maximum absolute atomic E-state index is 9.66. The van der Waals surface area contributed by atoms with Gasteiger partial charge in [-0.15, -0.1) is 11.3 Å². The van der Waals surface area contributed by atoms with Crippen molar-refractivity contribution in [1.29, 1.82) is 5.26 Å². The number of aliphatic hydroxyl groups excluding tert-OH is 1. The summed E-state index contributed by atoms with van der Waals surface area (Å²) in [7, 11) is 0. The highest BCUT2D eigenvalue weighted by Gasteiger charge is 2.30. The van der Waals surface area contributed by atoms with E-state index < -0.39 is 11.5 Å². The van der Waals surface area contributed by atoms with E-state index in [9.17, 15) is 5.11 Å². The summed E-state index contributed by atoms with van der Waals surface area (Å²) in [6.07, 6.45) is -0.797. The molecule has 1 aromatic rings. The topological polar surface area (TPSA) is 56.9 Å². The smallest absolute Gasteiger partial charge is 0.115 e. The maximum atomic E-state index is 9.66. The zero-order chi connectivity index (χ0) is 9.19. The molecule has 0 aromatic carbocycles. The summed E-state index contributed by atoms with van der Waals surface area (Å²) in [5.74, 6) is 0. The van der Waals surface area contributed by atoms with E-state index in [1.165, 1.54) is 11.3 Å². The number of aromatic nitrogens is 1. The molecule has 1 aromatic heterocycles. The highest BCUT2D eigenvalue weighted by molar-refractivity contribution is 7.07. The quantitative estimate of drug-likeness (QED) is 0.757. The van der Waals surface area contributed by atoms with Crippen LogP contribution in [0.2, 0.25) is 0 Å². The van der Waals surface area contributed by atoms with Crippen molar-refractivity contribution in [2.24, 2.45) is 5.41 Å². The molecule has 12 heavy (non-hydrogen) atoms. The molecule has 4 heteroatoms. The van der Waals surface area contributed by atoms with Gasteiger partial charge in [-0.05, 0) is 13.8 Å². The van der Waals surface area contributed by atoms with Crippen LogP contribution in [-0.2, 0) is 0 Å². The predicted molar refractivity (Wildman–Crippen MR) is 46.5 cm³/mol. The molecule has 0 aliphatic rings. The Hall–Kier alpha value is -0.920. The zero-order valence-electron chi connectivity index (χ0n) is 6.98. The lowest BCUT2D eigenvalue weighted by Gasteiger charge is -2.20. The van der Waals surface area contributed by atoms with Crippen molar-refractivity contribution in [3.63, 3.8) is 0 Å². The van der Waals surface area contributed by atoms with Crippen LogP contribution in [0.25, 0.3) is 0 Å². The molecular weight excluding hydrogens is 172 g/mol. The second-order valence-electron chi connectivity index (χ2n) is 3.15. The minimum atomic E-state index is -0.797. The van der Waals surface area contributed by atoms with Gasteiger partial charge < -0.3 is 5.11 Å². The molecule has 0 fully saturated rings. The van der Waals surface area contributed by atoms with Crippen LogP contribution in [0.3, 0.4) is 0 Å². The van der Waals surface area contributed by atoms with Gasteiger partial charge in [0.2, 0.25) is 0 Å². The first kappa shape index (κ1) is 9.17. The Labute approximate surface area is 75.3 Å². The zero-order valence-corrected chi connectivity index (χ0v) is 7.80. The number of nitrogens with zero attached hydrogens (tertiary/aromatic N) is 2. The molecule has 0 radical (unpaired) electrons. The largest absolute Gasteiger partial charge is 0.385 e. The van der Waals surface area contributed by atoms with E-state index in [0.29, 0.717) is 5.69 Å². The van der Waals surface area contributed by atoms with Crippen LogP contribution in [-0.4, -0.2) is 10.1 Å². The normalized spacial score (nSPS) is 13.8. The molecule has 0 spiro atoms. The second-order valence-corrected chi connectivity index (χ2v) is 3.87. The first-order chi connectivity index (χ1) is 5.58. The fourth-order valence-electron chi connectivity index (χ4n) is 0.788. The van der Waals surface area contributed by atoms with Crippen LogP contribution in [0, 0.1) is 16.7 Å². The van der Waals surface area contributed by atoms with Gasteiger partial charge >= 0.3 is 0 Å². The van der Waals surface area contributed by atoms with Crippen molar-refractivity contribution >= 4 is 11.3 Å². The van der Waals surface area contributed by atoms with Crippen LogP contribution >= 0.6 is 11.3 Å². The van der Waals surface area contributed by atoms with Gasteiger partial charge in [-0.25, -0.2) is 4.98 Å². The molecule has 0 amide bonds. The summed E-state index contributed by atoms with van der Waals surface area (Å²) in [5, 5.41) is 20.1. The van der Waals surface area contributed by atoms with E-state index in [2.05, 4.69) is 4.98 Å². The third kappa shape index (κ3) is 1.63. The van der Waals surface area contributed by atoms with Crippen LogP contribution in [0.15, 0.2) is 10.9 Å². The maximum Gasteiger partial charge on any atom is 0.115 e. The first-order valence-corrected chi connectivity index (χ1v) is 4.49. The highest BCUT2D eigenvalue weighted by Crippen LogP contribution is 2.31. The minimum Gasteiger partial charge on any atom is -0.385 e. The molecule has 0 saturated carbocycles. The Morgan fingerprint density at radius 2 is 2.42 bits per heavy atom. The first-order valence-electron chi connectivity index (χ1n) is 3.55. The highest BCUT2D eigenvalue weighted by atomic mass is 32.1. The van der Waals surface area contributed by atoms with Crippen molar-refractivity contribution in [3.05, 3.63) is 16.6 Å². The average molecular weight is 182 g/mol. The Morgan fingerprint density at radius 3 is 2.83 bits per heavy atom. The molecular formula is C8H10N2OS. The van der Waals surface area contributed by atoms with E-state index >= 15 is 0 Å². The van der Waals surface area contributed by atoms with Gasteiger partial charge in [-0.2, -0.15) is 5.26 Å². The molecule has 0 aliphatic carbocycles. The van der Waals surface area contributed by atoms with Gasteiger partial charge in [0.05, 0.1) is 22.7 Å². The number of hydrogen-bond donors (Lipinski definition) is 1. The summed E-state index contributed by atoms with van der Waals surface area (Å²) in [4.78, 5) is 3.95. The molecule has 3 nitrogen and oxygen atoms in total. The van der Waals surface area contributed by atoms with Crippen LogP contribution < -0.4 is 0 Å². The van der Waals surface area contributed by atoms with Crippen molar-refractivity contribution < 1.29 is 5.11 Å². The lowest BCUT2D eigenvalue weighted by molar-refractivity contribution is 0.0833. The molecule has 0 aliphatic heterocycles. The monoisotopic (exact) mass is 182 g/mol. The van der Waals surface area contributed by atoms with Gasteiger partial charge in [0.25, 0.3) is 0 Å². The molecule has 1 heterocycles. The number of nitriles is 1. The molecule has 1 rings (SSSR count). The Kier molecular flexibility index (Phi) is 2.46. The number of aliphatic hydroxyl groups is 1. The summed E-state index contributed by atoms with van der Waals surface area (Å²) >= 11 is 1.41. The predicted octanol–water partition coefficient (Wildman–Crippen LogP) is 1.73. The summed E-state index contributed by atoms with van der Waals surface area (Å²) in [5.41, 5.74) is 1.45. The fraction of sp³-hybridized carbons (Fsp3) is 0.500. The van der Waals surface area contributed by atoms with E-state index in [-0.39, 0.29) is 0 Å². The Morgan fingerprint density at radius 1 is 1.75 bits per heavy atom. The lowest BCUT2D eigenvalue weighted by Crippen LogP contribution is -2.19. The third-order valence-electron chi connectivity index (χ3n) is 1.70. The fourth-order valence-corrected chi connectivity index (χ4v) is 1.36. The van der Waals surface area contributed by atoms with Gasteiger partial charge in [0, 0.05) is 5.38 Å². The van der Waals surface area contributed by atoms with E-state index in [0.717, 1.165) is 0 Å². The summed E-state index contributed by atoms with van der Waals surface area (Å²) in [6.45, 7) is 3.38. The molecule has 64 valence electrons. The summed E-state index contributed by atoms with van der Waals surface area (Å²) < 4.78 is 0. The number of thiazole rings is 1.